The highest BCUT2D eigenvalue weighted by Gasteiger charge is 2.16. The lowest BCUT2D eigenvalue weighted by Crippen LogP contribution is -2.00. The van der Waals surface area contributed by atoms with Gasteiger partial charge in [-0.15, -0.1) is 11.3 Å². The number of hydrogen-bond acceptors (Lipinski definition) is 6. The van der Waals surface area contributed by atoms with Gasteiger partial charge in [-0.25, -0.2) is 24.9 Å². The first-order valence-electron chi connectivity index (χ1n) is 12.1. The van der Waals surface area contributed by atoms with Crippen LogP contribution in [0.15, 0.2) is 109 Å². The van der Waals surface area contributed by atoms with Crippen molar-refractivity contribution in [2.24, 2.45) is 0 Å². The lowest BCUT2D eigenvalue weighted by atomic mass is 10.1. The lowest BCUT2D eigenvalue weighted by molar-refractivity contribution is 1.07. The zero-order valence-corrected chi connectivity index (χ0v) is 21.5. The Bertz CT molecular complexity index is 1860. The zero-order valence-electron chi connectivity index (χ0n) is 19.9. The van der Waals surface area contributed by atoms with Crippen molar-refractivity contribution in [2.75, 3.05) is 0 Å². The lowest BCUT2D eigenvalue weighted by Gasteiger charge is -2.09. The van der Waals surface area contributed by atoms with Crippen LogP contribution in [-0.4, -0.2) is 24.9 Å². The second kappa shape index (κ2) is 9.41. The normalized spacial score (nSPS) is 11.3. The van der Waals surface area contributed by atoms with E-state index >= 15 is 0 Å². The van der Waals surface area contributed by atoms with Crippen LogP contribution in [-0.2, 0) is 0 Å². The molecule has 0 unspecified atom stereocenters. The van der Waals surface area contributed by atoms with E-state index in [0.29, 0.717) is 17.5 Å². The maximum atomic E-state index is 6.36. The van der Waals surface area contributed by atoms with Crippen molar-refractivity contribution >= 4 is 43.2 Å². The van der Waals surface area contributed by atoms with Gasteiger partial charge < -0.3 is 0 Å². The Balaban J connectivity index is 1.35. The third-order valence-corrected chi connectivity index (χ3v) is 7.64. The molecule has 0 amide bonds. The first kappa shape index (κ1) is 22.7. The molecule has 7 aromatic rings. The van der Waals surface area contributed by atoms with Crippen LogP contribution >= 0.6 is 22.9 Å². The molecule has 0 aliphatic carbocycles. The number of nitrogens with zero attached hydrogens (tertiary/aromatic N) is 5. The minimum absolute atomic E-state index is 0.234. The topological polar surface area (TPSA) is 64.5 Å². The van der Waals surface area contributed by atoms with Crippen LogP contribution in [0.3, 0.4) is 0 Å². The summed E-state index contributed by atoms with van der Waals surface area (Å²) in [6, 6.07) is 36.2. The van der Waals surface area contributed by atoms with Gasteiger partial charge in [-0.05, 0) is 17.7 Å². The van der Waals surface area contributed by atoms with Gasteiger partial charge in [0, 0.05) is 32.3 Å². The molecular weight excluding hydrogens is 510 g/mol. The van der Waals surface area contributed by atoms with E-state index < -0.39 is 0 Å². The number of aromatic nitrogens is 5. The SMILES string of the molecule is Clc1nc(-c2ccc(-c3nc(-c4ccccc4)nc(-c4ccccc4)n3)cc2)c2sc3ccccc3c2n1. The minimum Gasteiger partial charge on any atom is -0.216 e. The molecule has 0 saturated heterocycles. The number of benzene rings is 4. The van der Waals surface area contributed by atoms with E-state index in [0.717, 1.165) is 48.3 Å². The highest BCUT2D eigenvalue weighted by Crippen LogP contribution is 2.39. The summed E-state index contributed by atoms with van der Waals surface area (Å²) >= 11 is 8.04. The van der Waals surface area contributed by atoms with Gasteiger partial charge in [0.15, 0.2) is 17.5 Å². The Labute approximate surface area is 227 Å². The number of thiophene rings is 1. The summed E-state index contributed by atoms with van der Waals surface area (Å²) in [4.78, 5) is 23.6. The van der Waals surface area contributed by atoms with Crippen molar-refractivity contribution in [3.8, 4) is 45.4 Å². The number of hydrogen-bond donors (Lipinski definition) is 0. The van der Waals surface area contributed by atoms with E-state index in [1.54, 1.807) is 11.3 Å². The molecule has 0 bridgehead atoms. The second-order valence-electron chi connectivity index (χ2n) is 8.73. The smallest absolute Gasteiger partial charge is 0.216 e. The molecule has 7 heteroatoms. The maximum absolute atomic E-state index is 6.36. The summed E-state index contributed by atoms with van der Waals surface area (Å²) in [7, 11) is 0. The number of fused-ring (bicyclic) bond motifs is 3. The Morgan fingerprint density at radius 1 is 0.474 bits per heavy atom. The van der Waals surface area contributed by atoms with Gasteiger partial charge in [-0.1, -0.05) is 103 Å². The van der Waals surface area contributed by atoms with Crippen LogP contribution in [0.5, 0.6) is 0 Å². The van der Waals surface area contributed by atoms with Crippen molar-refractivity contribution in [3.63, 3.8) is 0 Å². The monoisotopic (exact) mass is 527 g/mol. The predicted octanol–water partition coefficient (Wildman–Crippen LogP) is 8.35. The molecule has 3 aromatic heterocycles. The third-order valence-electron chi connectivity index (χ3n) is 6.31. The second-order valence-corrected chi connectivity index (χ2v) is 10.1. The van der Waals surface area contributed by atoms with Gasteiger partial charge in [-0.2, -0.15) is 0 Å². The third kappa shape index (κ3) is 4.10. The van der Waals surface area contributed by atoms with Gasteiger partial charge in [0.25, 0.3) is 0 Å². The molecule has 0 aliphatic rings. The summed E-state index contributed by atoms with van der Waals surface area (Å²) in [5, 5.41) is 1.32. The highest BCUT2D eigenvalue weighted by atomic mass is 35.5. The Hall–Kier alpha value is -4.52. The fourth-order valence-corrected chi connectivity index (χ4v) is 5.80. The molecule has 0 fully saturated rings. The van der Waals surface area contributed by atoms with Gasteiger partial charge in [0.1, 0.15) is 0 Å². The Morgan fingerprint density at radius 2 is 0.974 bits per heavy atom. The molecule has 38 heavy (non-hydrogen) atoms. The van der Waals surface area contributed by atoms with E-state index in [1.807, 2.05) is 97.1 Å². The largest absolute Gasteiger partial charge is 0.223 e. The van der Waals surface area contributed by atoms with Crippen molar-refractivity contribution in [1.82, 2.24) is 24.9 Å². The average Bonchev–Trinajstić information content (AvgIpc) is 3.36. The molecular formula is C31H18ClN5S. The minimum atomic E-state index is 0.234. The van der Waals surface area contributed by atoms with Crippen LogP contribution in [0.1, 0.15) is 0 Å². The molecule has 7 rings (SSSR count). The van der Waals surface area contributed by atoms with E-state index in [-0.39, 0.29) is 5.28 Å². The van der Waals surface area contributed by atoms with E-state index in [1.165, 1.54) is 0 Å². The van der Waals surface area contributed by atoms with Gasteiger partial charge in [0.2, 0.25) is 5.28 Å². The summed E-state index contributed by atoms with van der Waals surface area (Å²) in [5.74, 6) is 1.87. The maximum Gasteiger partial charge on any atom is 0.223 e. The van der Waals surface area contributed by atoms with Crippen LogP contribution in [0.4, 0.5) is 0 Å². The molecule has 4 aromatic carbocycles. The standard InChI is InChI=1S/C31H18ClN5S/c32-31-33-25(27-26(34-31)23-13-7-8-14-24(23)38-27)19-15-17-22(18-16-19)30-36-28(20-9-3-1-4-10-20)35-29(37-30)21-11-5-2-6-12-21/h1-18H. The summed E-state index contributed by atoms with van der Waals surface area (Å²) in [5.41, 5.74) is 5.41. The molecule has 0 aliphatic heterocycles. The predicted molar refractivity (Wildman–Crippen MR) is 155 cm³/mol. The molecule has 0 saturated carbocycles. The molecule has 0 spiro atoms. The summed E-state index contributed by atoms with van der Waals surface area (Å²) < 4.78 is 2.17. The van der Waals surface area contributed by atoms with Crippen LogP contribution < -0.4 is 0 Å². The Morgan fingerprint density at radius 3 is 1.58 bits per heavy atom. The Kier molecular flexibility index (Phi) is 5.61. The van der Waals surface area contributed by atoms with Gasteiger partial charge >= 0.3 is 0 Å². The quantitative estimate of drug-likeness (QED) is 0.215. The first-order valence-corrected chi connectivity index (χ1v) is 13.2. The van der Waals surface area contributed by atoms with Crippen LogP contribution in [0, 0.1) is 0 Å². The van der Waals surface area contributed by atoms with Crippen molar-refractivity contribution in [1.29, 1.82) is 0 Å². The van der Waals surface area contributed by atoms with Crippen LogP contribution in [0.25, 0.3) is 65.7 Å². The first-order chi connectivity index (χ1) is 18.7. The van der Waals surface area contributed by atoms with Crippen LogP contribution in [0.2, 0.25) is 5.28 Å². The zero-order chi connectivity index (χ0) is 25.5. The van der Waals surface area contributed by atoms with E-state index in [4.69, 9.17) is 26.6 Å². The molecule has 0 radical (unpaired) electrons. The average molecular weight is 528 g/mol. The van der Waals surface area contributed by atoms with Gasteiger partial charge in [0.05, 0.1) is 15.9 Å². The molecule has 180 valence electrons. The summed E-state index contributed by atoms with van der Waals surface area (Å²) in [6.07, 6.45) is 0. The highest BCUT2D eigenvalue weighted by molar-refractivity contribution is 7.26. The molecule has 0 atom stereocenters. The fourth-order valence-electron chi connectivity index (χ4n) is 4.47. The van der Waals surface area contributed by atoms with E-state index in [2.05, 4.69) is 22.1 Å². The fraction of sp³-hybridized carbons (Fsp3) is 0. The molecule has 5 nitrogen and oxygen atoms in total. The summed E-state index contributed by atoms with van der Waals surface area (Å²) in [6.45, 7) is 0. The molecule has 3 heterocycles. The van der Waals surface area contributed by atoms with Crippen molar-refractivity contribution in [3.05, 3.63) is 114 Å². The van der Waals surface area contributed by atoms with Crippen molar-refractivity contribution in [2.45, 2.75) is 0 Å². The van der Waals surface area contributed by atoms with E-state index in [9.17, 15) is 0 Å². The number of halogens is 1. The number of rotatable bonds is 4. The van der Waals surface area contributed by atoms with Gasteiger partial charge in [-0.3, -0.25) is 0 Å². The molecule has 0 N–H and O–H groups in total. The van der Waals surface area contributed by atoms with Crippen molar-refractivity contribution < 1.29 is 0 Å².